The molecule has 34 heavy (non-hydrogen) atoms. The highest BCUT2D eigenvalue weighted by molar-refractivity contribution is 5.95. The quantitative estimate of drug-likeness (QED) is 0.241. The van der Waals surface area contributed by atoms with Gasteiger partial charge in [-0.1, -0.05) is 54.6 Å². The molecule has 1 fully saturated rings. The van der Waals surface area contributed by atoms with E-state index in [0.29, 0.717) is 31.5 Å². The van der Waals surface area contributed by atoms with Crippen LogP contribution in [0.4, 0.5) is 0 Å². The minimum absolute atomic E-state index is 0.00609. The van der Waals surface area contributed by atoms with E-state index in [-0.39, 0.29) is 29.6 Å². The second-order valence-corrected chi connectivity index (χ2v) is 9.00. The summed E-state index contributed by atoms with van der Waals surface area (Å²) in [5.74, 6) is 0.197. The Morgan fingerprint density at radius 3 is 2.59 bits per heavy atom. The van der Waals surface area contributed by atoms with Crippen LogP contribution in [-0.4, -0.2) is 41.7 Å². The third-order valence-corrected chi connectivity index (χ3v) is 6.43. The fourth-order valence-corrected chi connectivity index (χ4v) is 4.62. The molecule has 1 aliphatic rings. The lowest BCUT2D eigenvalue weighted by Crippen LogP contribution is -2.42. The first kappa shape index (κ1) is 25.2. The van der Waals surface area contributed by atoms with Crippen molar-refractivity contribution in [2.75, 3.05) is 13.1 Å². The maximum atomic E-state index is 12.9. The standard InChI is InChI=1S/C28H36N4O2/c1-2-9-24-19-25(32(28(24)34)17-8-14-21-10-4-3-5-11-21)20-31-26(33)16-7-13-22-12-6-15-23(18-22)27(29)30/h2-6,10-12,15,18,24-25H,1,7-9,13-14,16-17,19-20H2,(H3,29,30)(H,31,33)/t24-,25+/m1/s1. The molecule has 0 aromatic heterocycles. The number of nitrogens with two attached hydrogens (primary N) is 1. The van der Waals surface area contributed by atoms with Gasteiger partial charge in [0.05, 0.1) is 0 Å². The smallest absolute Gasteiger partial charge is 0.226 e. The van der Waals surface area contributed by atoms with Gasteiger partial charge >= 0.3 is 0 Å². The summed E-state index contributed by atoms with van der Waals surface area (Å²) in [6.07, 6.45) is 6.98. The Hall–Kier alpha value is -3.41. The number of nitrogens with zero attached hydrogens (tertiary/aromatic N) is 1. The first-order valence-electron chi connectivity index (χ1n) is 12.1. The van der Waals surface area contributed by atoms with Crippen LogP contribution in [0.2, 0.25) is 0 Å². The van der Waals surface area contributed by atoms with E-state index in [4.69, 9.17) is 11.1 Å². The van der Waals surface area contributed by atoms with Crippen molar-refractivity contribution in [1.29, 1.82) is 5.41 Å². The van der Waals surface area contributed by atoms with Crippen molar-refractivity contribution < 1.29 is 9.59 Å². The summed E-state index contributed by atoms with van der Waals surface area (Å²) < 4.78 is 0. The number of rotatable bonds is 13. The number of amides is 2. The number of hydrogen-bond acceptors (Lipinski definition) is 3. The lowest BCUT2D eigenvalue weighted by molar-refractivity contribution is -0.132. The summed E-state index contributed by atoms with van der Waals surface area (Å²) in [6.45, 7) is 4.99. The molecule has 180 valence electrons. The minimum atomic E-state index is -0.0373. The number of aryl methyl sites for hydroxylation is 2. The van der Waals surface area contributed by atoms with E-state index in [1.54, 1.807) is 0 Å². The van der Waals surface area contributed by atoms with Crippen LogP contribution in [0, 0.1) is 11.3 Å². The molecule has 0 unspecified atom stereocenters. The first-order chi connectivity index (χ1) is 16.5. The van der Waals surface area contributed by atoms with Crippen molar-refractivity contribution in [3.8, 4) is 0 Å². The summed E-state index contributed by atoms with van der Waals surface area (Å²) in [7, 11) is 0. The summed E-state index contributed by atoms with van der Waals surface area (Å²) in [5, 5.41) is 10.6. The minimum Gasteiger partial charge on any atom is -0.384 e. The van der Waals surface area contributed by atoms with Gasteiger partial charge in [0, 0.05) is 37.0 Å². The molecule has 1 aliphatic heterocycles. The second kappa shape index (κ2) is 12.7. The fraction of sp³-hybridized carbons (Fsp3) is 0.393. The molecule has 1 saturated heterocycles. The lowest BCUT2D eigenvalue weighted by Gasteiger charge is -2.25. The van der Waals surface area contributed by atoms with Crippen LogP contribution in [0.15, 0.2) is 67.3 Å². The second-order valence-electron chi connectivity index (χ2n) is 9.00. The summed E-state index contributed by atoms with van der Waals surface area (Å²) in [6, 6.07) is 17.9. The number of carbonyl (C=O) groups is 2. The summed E-state index contributed by atoms with van der Waals surface area (Å²) >= 11 is 0. The van der Waals surface area contributed by atoms with Crippen molar-refractivity contribution in [3.63, 3.8) is 0 Å². The highest BCUT2D eigenvalue weighted by atomic mass is 16.2. The Bertz CT molecular complexity index is 989. The molecule has 1 heterocycles. The van der Waals surface area contributed by atoms with E-state index in [2.05, 4.69) is 24.0 Å². The van der Waals surface area contributed by atoms with Crippen LogP contribution in [0.25, 0.3) is 0 Å². The van der Waals surface area contributed by atoms with Crippen LogP contribution in [0.3, 0.4) is 0 Å². The van der Waals surface area contributed by atoms with Crippen LogP contribution in [-0.2, 0) is 22.4 Å². The summed E-state index contributed by atoms with van der Waals surface area (Å²) in [5.41, 5.74) is 8.60. The molecular formula is C28H36N4O2. The van der Waals surface area contributed by atoms with Crippen molar-refractivity contribution >= 4 is 17.6 Å². The van der Waals surface area contributed by atoms with Crippen LogP contribution in [0.5, 0.6) is 0 Å². The SMILES string of the molecule is C=CC[C@@H]1C[C@@H](CNC(=O)CCCc2cccc(C(=N)N)c2)N(CCCc2ccccc2)C1=O. The highest BCUT2D eigenvalue weighted by Gasteiger charge is 2.38. The van der Waals surface area contributed by atoms with Gasteiger partial charge in [-0.15, -0.1) is 6.58 Å². The molecule has 2 amide bonds. The third kappa shape index (κ3) is 7.30. The summed E-state index contributed by atoms with van der Waals surface area (Å²) in [4.78, 5) is 27.4. The number of likely N-dealkylation sites (tertiary alicyclic amines) is 1. The molecule has 4 N–H and O–H groups in total. The van der Waals surface area contributed by atoms with Crippen LogP contribution in [0.1, 0.15) is 48.8 Å². The van der Waals surface area contributed by atoms with Crippen LogP contribution >= 0.6 is 0 Å². The number of carbonyl (C=O) groups excluding carboxylic acids is 2. The largest absolute Gasteiger partial charge is 0.384 e. The average molecular weight is 461 g/mol. The van der Waals surface area contributed by atoms with Crippen molar-refractivity contribution in [3.05, 3.63) is 83.9 Å². The Balaban J connectivity index is 1.46. The average Bonchev–Trinajstić information content (AvgIpc) is 3.13. The van der Waals surface area contributed by atoms with E-state index in [0.717, 1.165) is 37.7 Å². The number of benzene rings is 2. The number of allylic oxidation sites excluding steroid dienone is 1. The maximum absolute atomic E-state index is 12.9. The number of hydrogen-bond donors (Lipinski definition) is 3. The van der Waals surface area contributed by atoms with E-state index >= 15 is 0 Å². The predicted octanol–water partition coefficient (Wildman–Crippen LogP) is 3.84. The third-order valence-electron chi connectivity index (χ3n) is 6.43. The Labute approximate surface area is 202 Å². The molecule has 0 bridgehead atoms. The molecule has 0 aliphatic carbocycles. The Morgan fingerprint density at radius 1 is 1.12 bits per heavy atom. The molecule has 3 rings (SSSR count). The number of nitrogens with one attached hydrogen (secondary N) is 2. The van der Waals surface area contributed by atoms with E-state index in [9.17, 15) is 9.59 Å². The molecule has 0 radical (unpaired) electrons. The van der Waals surface area contributed by atoms with Crippen LogP contribution < -0.4 is 11.1 Å². The molecule has 2 aromatic rings. The van der Waals surface area contributed by atoms with Gasteiger partial charge in [0.1, 0.15) is 5.84 Å². The topological polar surface area (TPSA) is 99.3 Å². The lowest BCUT2D eigenvalue weighted by atomic mass is 10.0. The molecule has 0 saturated carbocycles. The van der Waals surface area contributed by atoms with E-state index in [1.165, 1.54) is 5.56 Å². The predicted molar refractivity (Wildman–Crippen MR) is 137 cm³/mol. The Morgan fingerprint density at radius 2 is 1.85 bits per heavy atom. The van der Waals surface area contributed by atoms with Gasteiger partial charge in [-0.3, -0.25) is 15.0 Å². The number of nitrogen functional groups attached to an aromatic ring is 1. The van der Waals surface area contributed by atoms with Gasteiger partial charge in [-0.25, -0.2) is 0 Å². The number of amidine groups is 1. The van der Waals surface area contributed by atoms with E-state index < -0.39 is 0 Å². The van der Waals surface area contributed by atoms with E-state index in [1.807, 2.05) is 53.4 Å². The normalized spacial score (nSPS) is 17.5. The van der Waals surface area contributed by atoms with Crippen molar-refractivity contribution in [2.24, 2.45) is 11.7 Å². The Kier molecular flexibility index (Phi) is 9.44. The zero-order valence-electron chi connectivity index (χ0n) is 19.8. The van der Waals surface area contributed by atoms with Gasteiger partial charge in [0.15, 0.2) is 0 Å². The fourth-order valence-electron chi connectivity index (χ4n) is 4.62. The van der Waals surface area contributed by atoms with Gasteiger partial charge in [0.2, 0.25) is 11.8 Å². The molecule has 2 atom stereocenters. The van der Waals surface area contributed by atoms with Gasteiger partial charge < -0.3 is 16.0 Å². The molecular weight excluding hydrogens is 424 g/mol. The van der Waals surface area contributed by atoms with Gasteiger partial charge in [-0.05, 0) is 55.7 Å². The molecule has 2 aromatic carbocycles. The monoisotopic (exact) mass is 460 g/mol. The zero-order chi connectivity index (χ0) is 24.3. The van der Waals surface area contributed by atoms with Gasteiger partial charge in [0.25, 0.3) is 0 Å². The highest BCUT2D eigenvalue weighted by Crippen LogP contribution is 2.27. The first-order valence-corrected chi connectivity index (χ1v) is 12.1. The molecule has 0 spiro atoms. The maximum Gasteiger partial charge on any atom is 0.226 e. The van der Waals surface area contributed by atoms with Crippen molar-refractivity contribution in [1.82, 2.24) is 10.2 Å². The molecule has 6 heteroatoms. The van der Waals surface area contributed by atoms with Crippen molar-refractivity contribution in [2.45, 2.75) is 51.0 Å². The molecule has 6 nitrogen and oxygen atoms in total. The van der Waals surface area contributed by atoms with Gasteiger partial charge in [-0.2, -0.15) is 0 Å². The zero-order valence-corrected chi connectivity index (χ0v) is 19.8.